The smallest absolute Gasteiger partial charge is 0.416 e. The van der Waals surface area contributed by atoms with Crippen molar-refractivity contribution in [1.29, 1.82) is 0 Å². The number of H-pyrrole nitrogens is 1. The van der Waals surface area contributed by atoms with E-state index in [0.29, 0.717) is 26.9 Å². The number of anilines is 2. The number of fused-ring (bicyclic) bond motifs is 2. The summed E-state index contributed by atoms with van der Waals surface area (Å²) in [5, 5.41) is 2.24. The van der Waals surface area contributed by atoms with Gasteiger partial charge in [0, 0.05) is 16.5 Å². The maximum atomic E-state index is 13.9. The van der Waals surface area contributed by atoms with Crippen molar-refractivity contribution in [1.82, 2.24) is 4.98 Å². The van der Waals surface area contributed by atoms with Gasteiger partial charge in [0.25, 0.3) is 5.91 Å². The van der Waals surface area contributed by atoms with E-state index in [1.54, 1.807) is 36.4 Å². The number of benzene rings is 3. The third-order valence-electron chi connectivity index (χ3n) is 7.26. The third kappa shape index (κ3) is 5.45. The van der Waals surface area contributed by atoms with Crippen molar-refractivity contribution in [3.63, 3.8) is 0 Å². The predicted molar refractivity (Wildman–Crippen MR) is 156 cm³/mol. The fourth-order valence-corrected chi connectivity index (χ4v) is 7.81. The molecule has 2 aliphatic rings. The van der Waals surface area contributed by atoms with Gasteiger partial charge in [-0.15, -0.1) is 0 Å². The first-order valence-corrected chi connectivity index (χ1v) is 14.7. The number of imide groups is 1. The zero-order valence-electron chi connectivity index (χ0n) is 22.3. The Morgan fingerprint density at radius 3 is 2.53 bits per heavy atom. The highest BCUT2D eigenvalue weighted by atomic mass is 32.2. The highest BCUT2D eigenvalue weighted by Gasteiger charge is 2.56. The van der Waals surface area contributed by atoms with E-state index >= 15 is 0 Å². The largest absolute Gasteiger partial charge is 0.484 e. The first kappa shape index (κ1) is 28.7. The van der Waals surface area contributed by atoms with Crippen molar-refractivity contribution in [2.75, 3.05) is 16.8 Å². The summed E-state index contributed by atoms with van der Waals surface area (Å²) in [5.41, 5.74) is 0.936. The molecule has 3 atom stereocenters. The summed E-state index contributed by atoms with van der Waals surface area (Å²) in [4.78, 5) is 56.0. The van der Waals surface area contributed by atoms with Crippen LogP contribution in [0.4, 0.5) is 24.5 Å². The maximum Gasteiger partial charge on any atom is 0.416 e. The number of carbonyl (C=O) groups is 3. The molecule has 8 nitrogen and oxygen atoms in total. The molecule has 220 valence electrons. The molecule has 2 N–H and O–H groups in total. The van der Waals surface area contributed by atoms with Gasteiger partial charge in [-0.2, -0.15) is 13.2 Å². The Morgan fingerprint density at radius 2 is 1.77 bits per heavy atom. The van der Waals surface area contributed by atoms with Crippen molar-refractivity contribution in [2.24, 2.45) is 5.92 Å². The van der Waals surface area contributed by atoms with Crippen LogP contribution in [0.5, 0.6) is 5.75 Å². The van der Waals surface area contributed by atoms with Crippen molar-refractivity contribution in [3.05, 3.63) is 104 Å². The van der Waals surface area contributed by atoms with Gasteiger partial charge in [0.05, 0.1) is 22.2 Å². The van der Waals surface area contributed by atoms with Gasteiger partial charge in [-0.05, 0) is 54.4 Å². The molecule has 0 unspecified atom stereocenters. The monoisotopic (exact) mass is 625 g/mol. The molecular formula is C30H22F3N3O5S2. The van der Waals surface area contributed by atoms with Crippen molar-refractivity contribution in [3.8, 4) is 5.75 Å². The van der Waals surface area contributed by atoms with Crippen molar-refractivity contribution < 1.29 is 32.3 Å². The van der Waals surface area contributed by atoms with E-state index in [-0.39, 0.29) is 23.1 Å². The van der Waals surface area contributed by atoms with E-state index in [4.69, 9.17) is 4.74 Å². The van der Waals surface area contributed by atoms with E-state index in [0.717, 1.165) is 51.8 Å². The Morgan fingerprint density at radius 1 is 1.00 bits per heavy atom. The molecular weight excluding hydrogens is 603 g/mol. The van der Waals surface area contributed by atoms with Gasteiger partial charge < -0.3 is 15.0 Å². The molecule has 13 heteroatoms. The van der Waals surface area contributed by atoms with Crippen molar-refractivity contribution in [2.45, 2.75) is 29.3 Å². The molecule has 0 radical (unpaired) electrons. The highest BCUT2D eigenvalue weighted by Crippen LogP contribution is 2.53. The Labute approximate surface area is 250 Å². The number of para-hydroxylation sites is 1. The fourth-order valence-electron chi connectivity index (χ4n) is 5.30. The summed E-state index contributed by atoms with van der Waals surface area (Å²) in [6.07, 6.45) is -4.66. The number of rotatable bonds is 6. The zero-order chi connectivity index (χ0) is 30.5. The second kappa shape index (κ2) is 11.0. The van der Waals surface area contributed by atoms with Gasteiger partial charge in [0.2, 0.25) is 11.8 Å². The van der Waals surface area contributed by atoms with Crippen LogP contribution < -0.4 is 19.8 Å². The van der Waals surface area contributed by atoms with Crippen LogP contribution in [0.2, 0.25) is 0 Å². The average Bonchev–Trinajstić information content (AvgIpc) is 3.47. The quantitative estimate of drug-likeness (QED) is 0.271. The Balaban J connectivity index is 1.30. The zero-order valence-corrected chi connectivity index (χ0v) is 23.9. The number of hydrogen-bond donors (Lipinski definition) is 2. The standard InChI is InChI=1S/C30H22F3N3O5S2/c1-15-6-2-3-11-20(15)34-21(37)14-41-19-10-4-7-16(12-19)22-23-25(42-26-24(22)43-29(40)35-26)28(39)36(27(23)38)18-9-5-8-17(13-18)30(31,32)33/h2-13,22-23,25H,14H2,1H3,(H,34,37)(H,35,40)/t22-,23-,25+/m0/s1. The molecule has 3 heterocycles. The van der Waals surface area contributed by atoms with E-state index < -0.39 is 40.6 Å². The molecule has 0 aliphatic carbocycles. The SMILES string of the molecule is Cc1ccccc1NC(=O)COc1cccc([C@@H]2c3sc(=O)[nH]c3S[C@H]3C(=O)N(c4cccc(C(F)(F)F)c4)C(=O)[C@@H]23)c1. The van der Waals surface area contributed by atoms with E-state index in [1.165, 1.54) is 6.07 Å². The van der Waals surface area contributed by atoms with Gasteiger partial charge in [-0.25, -0.2) is 4.90 Å². The normalized spacial score (nSPS) is 19.6. The first-order valence-electron chi connectivity index (χ1n) is 13.0. The lowest BCUT2D eigenvalue weighted by Gasteiger charge is -2.30. The lowest BCUT2D eigenvalue weighted by atomic mass is 9.83. The molecule has 1 fully saturated rings. The third-order valence-corrected chi connectivity index (χ3v) is 9.66. The molecule has 0 bridgehead atoms. The van der Waals surface area contributed by atoms with Crippen LogP contribution in [0.15, 0.2) is 82.6 Å². The Kier molecular flexibility index (Phi) is 7.38. The fraction of sp³-hybridized carbons (Fsp3) is 0.200. The van der Waals surface area contributed by atoms with Crippen LogP contribution in [0.1, 0.15) is 27.5 Å². The van der Waals surface area contributed by atoms with Gasteiger partial charge in [-0.1, -0.05) is 59.5 Å². The highest BCUT2D eigenvalue weighted by molar-refractivity contribution is 8.00. The number of thioether (sulfide) groups is 1. The second-order valence-electron chi connectivity index (χ2n) is 10.0. The molecule has 0 saturated carbocycles. The minimum absolute atomic E-state index is 0.174. The van der Waals surface area contributed by atoms with Gasteiger partial charge >= 0.3 is 11.0 Å². The van der Waals surface area contributed by atoms with Crippen LogP contribution in [0, 0.1) is 12.8 Å². The summed E-state index contributed by atoms with van der Waals surface area (Å²) in [5.74, 6) is -3.15. The first-order chi connectivity index (χ1) is 20.5. The number of ether oxygens (including phenoxy) is 1. The molecule has 6 rings (SSSR count). The van der Waals surface area contributed by atoms with Crippen LogP contribution in [0.25, 0.3) is 0 Å². The van der Waals surface area contributed by atoms with Crippen LogP contribution in [0.3, 0.4) is 0 Å². The van der Waals surface area contributed by atoms with Crippen LogP contribution in [-0.2, 0) is 20.6 Å². The molecule has 43 heavy (non-hydrogen) atoms. The lowest BCUT2D eigenvalue weighted by molar-refractivity contribution is -0.137. The number of aromatic amines is 1. The number of nitrogens with zero attached hydrogens (tertiary/aromatic N) is 1. The number of amides is 3. The number of alkyl halides is 3. The Hall–Kier alpha value is -4.36. The maximum absolute atomic E-state index is 13.9. The second-order valence-corrected chi connectivity index (χ2v) is 12.2. The molecule has 3 amide bonds. The number of carbonyl (C=O) groups excluding carboxylic acids is 3. The average molecular weight is 626 g/mol. The molecule has 3 aromatic carbocycles. The van der Waals surface area contributed by atoms with Gasteiger partial charge in [0.15, 0.2) is 6.61 Å². The summed E-state index contributed by atoms with van der Waals surface area (Å²) in [6.45, 7) is 1.57. The molecule has 1 aromatic heterocycles. The molecule has 2 aliphatic heterocycles. The van der Waals surface area contributed by atoms with E-state index in [1.807, 2.05) is 19.1 Å². The number of thiazole rings is 1. The Bertz CT molecular complexity index is 1820. The predicted octanol–water partition coefficient (Wildman–Crippen LogP) is 5.58. The number of hydrogen-bond acceptors (Lipinski definition) is 7. The summed E-state index contributed by atoms with van der Waals surface area (Å²) in [7, 11) is 0. The summed E-state index contributed by atoms with van der Waals surface area (Å²) >= 11 is 1.93. The number of halogens is 3. The summed E-state index contributed by atoms with van der Waals surface area (Å²) < 4.78 is 46.0. The molecule has 4 aromatic rings. The topological polar surface area (TPSA) is 109 Å². The number of aryl methyl sites for hydroxylation is 1. The number of nitrogens with one attached hydrogen (secondary N) is 2. The van der Waals surface area contributed by atoms with Gasteiger partial charge in [-0.3, -0.25) is 19.2 Å². The van der Waals surface area contributed by atoms with Crippen LogP contribution >= 0.6 is 23.1 Å². The molecule has 1 saturated heterocycles. The van der Waals surface area contributed by atoms with E-state index in [9.17, 15) is 32.3 Å². The minimum atomic E-state index is -4.66. The minimum Gasteiger partial charge on any atom is -0.484 e. The van der Waals surface area contributed by atoms with Crippen LogP contribution in [-0.4, -0.2) is 34.6 Å². The van der Waals surface area contributed by atoms with E-state index in [2.05, 4.69) is 10.3 Å². The number of aromatic nitrogens is 1. The lowest BCUT2D eigenvalue weighted by Crippen LogP contribution is -2.32. The van der Waals surface area contributed by atoms with Gasteiger partial charge in [0.1, 0.15) is 11.0 Å². The molecule has 0 spiro atoms. The summed E-state index contributed by atoms with van der Waals surface area (Å²) in [6, 6.07) is 18.0. The van der Waals surface area contributed by atoms with Crippen molar-refractivity contribution >= 4 is 52.2 Å².